The molecule has 2 saturated heterocycles. The van der Waals surface area contributed by atoms with Gasteiger partial charge in [-0.1, -0.05) is 17.8 Å². The Morgan fingerprint density at radius 2 is 1.97 bits per heavy atom. The topological polar surface area (TPSA) is 123 Å². The second-order valence-corrected chi connectivity index (χ2v) is 10.1. The fraction of sp³-hybridized carbons (Fsp3) is 0.542. The molecule has 35 heavy (non-hydrogen) atoms. The van der Waals surface area contributed by atoms with Crippen LogP contribution in [-0.4, -0.2) is 91.1 Å². The van der Waals surface area contributed by atoms with Gasteiger partial charge in [0.1, 0.15) is 16.0 Å². The van der Waals surface area contributed by atoms with E-state index < -0.39 is 11.2 Å². The predicted octanol–water partition coefficient (Wildman–Crippen LogP) is 0.999. The molecule has 0 aromatic heterocycles. The largest absolute Gasteiger partial charge is 0.392 e. The number of anilines is 1. The summed E-state index contributed by atoms with van der Waals surface area (Å²) in [7, 11) is 3.38. The summed E-state index contributed by atoms with van der Waals surface area (Å²) in [6.45, 7) is 6.58. The van der Waals surface area contributed by atoms with Crippen molar-refractivity contribution in [1.82, 2.24) is 25.6 Å². The number of benzene rings is 1. The molecule has 2 aliphatic rings. The van der Waals surface area contributed by atoms with Crippen molar-refractivity contribution in [3.05, 3.63) is 40.6 Å². The Balaban J connectivity index is 1.54. The molecule has 0 spiro atoms. The Hall–Kier alpha value is -2.76. The summed E-state index contributed by atoms with van der Waals surface area (Å²) in [5, 5.41) is 7.78. The minimum Gasteiger partial charge on any atom is -0.392 e. The number of thioether (sulfide) groups is 1. The van der Waals surface area contributed by atoms with E-state index in [0.29, 0.717) is 30.2 Å². The van der Waals surface area contributed by atoms with Crippen molar-refractivity contribution in [2.75, 3.05) is 58.7 Å². The third-order valence-corrected chi connectivity index (χ3v) is 7.23. The second-order valence-electron chi connectivity index (χ2n) is 8.86. The van der Waals surface area contributed by atoms with Crippen LogP contribution in [0.2, 0.25) is 0 Å². The molecular weight excluding hydrogens is 466 g/mol. The minimum atomic E-state index is -0.448. The quantitative estimate of drug-likeness (QED) is 0.200. The minimum absolute atomic E-state index is 0.0183. The Kier molecular flexibility index (Phi) is 9.82. The van der Waals surface area contributed by atoms with E-state index in [1.165, 1.54) is 34.5 Å². The van der Waals surface area contributed by atoms with Gasteiger partial charge in [0.25, 0.3) is 11.8 Å². The second kappa shape index (κ2) is 12.8. The van der Waals surface area contributed by atoms with Crippen molar-refractivity contribution in [3.63, 3.8) is 0 Å². The number of hydrazine groups is 1. The lowest BCUT2D eigenvalue weighted by Gasteiger charge is -2.18. The molecular formula is C24H37N7O3S. The molecule has 5 N–H and O–H groups in total. The van der Waals surface area contributed by atoms with E-state index in [4.69, 9.17) is 5.73 Å². The molecule has 10 nitrogen and oxygen atoms in total. The molecule has 192 valence electrons. The van der Waals surface area contributed by atoms with Gasteiger partial charge >= 0.3 is 0 Å². The number of nitrogens with zero attached hydrogens (tertiary/aromatic N) is 3. The summed E-state index contributed by atoms with van der Waals surface area (Å²) in [4.78, 5) is 41.7. The van der Waals surface area contributed by atoms with Gasteiger partial charge in [0.2, 0.25) is 5.91 Å². The highest BCUT2D eigenvalue weighted by Crippen LogP contribution is 2.36. The van der Waals surface area contributed by atoms with E-state index in [9.17, 15) is 14.4 Å². The molecule has 0 bridgehead atoms. The molecule has 0 aliphatic carbocycles. The smallest absolute Gasteiger partial charge is 0.284 e. The van der Waals surface area contributed by atoms with Gasteiger partial charge in [-0.15, -0.1) is 0 Å². The fourth-order valence-electron chi connectivity index (χ4n) is 4.11. The normalized spacial score (nSPS) is 19.8. The van der Waals surface area contributed by atoms with E-state index in [2.05, 4.69) is 21.0 Å². The maximum atomic E-state index is 12.9. The van der Waals surface area contributed by atoms with Crippen LogP contribution in [-0.2, 0) is 9.59 Å². The summed E-state index contributed by atoms with van der Waals surface area (Å²) < 4.78 is 0. The number of hydrogen-bond donors (Lipinski definition) is 4. The molecule has 3 rings (SSSR count). The van der Waals surface area contributed by atoms with E-state index >= 15 is 0 Å². The third-order valence-electron chi connectivity index (χ3n) is 5.91. The van der Waals surface area contributed by atoms with Crippen LogP contribution in [0.4, 0.5) is 5.69 Å². The van der Waals surface area contributed by atoms with Crippen LogP contribution in [0.5, 0.6) is 0 Å². The van der Waals surface area contributed by atoms with E-state index in [1.807, 2.05) is 19.1 Å². The zero-order valence-electron chi connectivity index (χ0n) is 20.8. The average Bonchev–Trinajstić information content (AvgIpc) is 3.47. The van der Waals surface area contributed by atoms with Crippen molar-refractivity contribution < 1.29 is 14.4 Å². The molecule has 0 radical (unpaired) electrons. The number of amides is 3. The van der Waals surface area contributed by atoms with Crippen LogP contribution in [0.15, 0.2) is 35.0 Å². The summed E-state index contributed by atoms with van der Waals surface area (Å²) in [6, 6.07) is 7.24. The van der Waals surface area contributed by atoms with Crippen molar-refractivity contribution in [1.29, 1.82) is 0 Å². The van der Waals surface area contributed by atoms with Crippen LogP contribution in [0.25, 0.3) is 0 Å². The Bertz CT molecular complexity index is 947. The van der Waals surface area contributed by atoms with Crippen LogP contribution < -0.4 is 21.8 Å². The lowest BCUT2D eigenvalue weighted by molar-refractivity contribution is -0.127. The van der Waals surface area contributed by atoms with Crippen molar-refractivity contribution in [2.24, 2.45) is 5.73 Å². The lowest BCUT2D eigenvalue weighted by atomic mass is 10.2. The van der Waals surface area contributed by atoms with E-state index in [0.717, 1.165) is 31.7 Å². The number of rotatable bonds is 11. The highest BCUT2D eigenvalue weighted by Gasteiger charge is 2.38. The lowest BCUT2D eigenvalue weighted by Crippen LogP contribution is -2.40. The number of hydrogen-bond acceptors (Lipinski definition) is 8. The fourth-order valence-corrected chi connectivity index (χ4v) is 5.34. The zero-order chi connectivity index (χ0) is 25.4. The van der Waals surface area contributed by atoms with E-state index in [-0.39, 0.29) is 17.5 Å². The Morgan fingerprint density at radius 3 is 2.66 bits per heavy atom. The number of nitrogens with two attached hydrogens (primary N) is 1. The summed E-state index contributed by atoms with van der Waals surface area (Å²) in [5.41, 5.74) is 10.0. The zero-order valence-corrected chi connectivity index (χ0v) is 21.6. The number of likely N-dealkylation sites (tertiary alicyclic amines) is 1. The van der Waals surface area contributed by atoms with Gasteiger partial charge in [-0.05, 0) is 64.0 Å². The van der Waals surface area contributed by atoms with Crippen LogP contribution in [0.3, 0.4) is 0 Å². The Labute approximate surface area is 211 Å². The van der Waals surface area contributed by atoms with Gasteiger partial charge in [0.15, 0.2) is 0 Å². The molecule has 1 atom stereocenters. The third kappa shape index (κ3) is 7.36. The van der Waals surface area contributed by atoms with Gasteiger partial charge in [-0.2, -0.15) is 0 Å². The van der Waals surface area contributed by atoms with Crippen molar-refractivity contribution >= 4 is 35.2 Å². The number of carbonyl (C=O) groups is 3. The molecule has 3 amide bonds. The standard InChI is InChI=1S/C24H37N7O3S/c1-4-31-23(34)19(35-24(31)20(25)22(33)28-29(2)3)16-27-18-10-7-9-17(15-18)21(32)26-11-8-14-30-12-5-6-13-30/h7,9-10,15,19,27H,4-6,8,11-14,16,25H2,1-3H3,(H,26,32)(H,28,33)/b24-20+/t19-/m1/s1. The predicted molar refractivity (Wildman–Crippen MR) is 139 cm³/mol. The molecule has 2 heterocycles. The molecule has 0 unspecified atom stereocenters. The van der Waals surface area contributed by atoms with Gasteiger partial charge in [0.05, 0.1) is 0 Å². The molecule has 0 saturated carbocycles. The monoisotopic (exact) mass is 503 g/mol. The summed E-state index contributed by atoms with van der Waals surface area (Å²) in [6.07, 6.45) is 3.47. The van der Waals surface area contributed by atoms with Crippen molar-refractivity contribution in [2.45, 2.75) is 31.4 Å². The maximum Gasteiger partial charge on any atom is 0.284 e. The Morgan fingerprint density at radius 1 is 1.23 bits per heavy atom. The van der Waals surface area contributed by atoms with Gasteiger partial charge in [-0.25, -0.2) is 5.01 Å². The molecule has 1 aromatic carbocycles. The van der Waals surface area contributed by atoms with Crippen molar-refractivity contribution in [3.8, 4) is 0 Å². The molecule has 2 fully saturated rings. The molecule has 11 heteroatoms. The van der Waals surface area contributed by atoms with Gasteiger partial charge in [0, 0.05) is 45.0 Å². The van der Waals surface area contributed by atoms with Gasteiger partial charge in [-0.3, -0.25) is 19.8 Å². The molecule has 1 aromatic rings. The first kappa shape index (κ1) is 26.8. The van der Waals surface area contributed by atoms with Crippen LogP contribution in [0, 0.1) is 0 Å². The molecule has 2 aliphatic heterocycles. The van der Waals surface area contributed by atoms with Gasteiger partial charge < -0.3 is 26.2 Å². The first-order valence-electron chi connectivity index (χ1n) is 12.1. The van der Waals surface area contributed by atoms with Crippen LogP contribution in [0.1, 0.15) is 36.5 Å². The highest BCUT2D eigenvalue weighted by atomic mass is 32.2. The summed E-state index contributed by atoms with van der Waals surface area (Å²) in [5.74, 6) is -0.660. The number of nitrogens with one attached hydrogen (secondary N) is 3. The van der Waals surface area contributed by atoms with E-state index in [1.54, 1.807) is 26.2 Å². The van der Waals surface area contributed by atoms with Crippen LogP contribution >= 0.6 is 11.8 Å². The summed E-state index contributed by atoms with van der Waals surface area (Å²) >= 11 is 1.27. The average molecular weight is 504 g/mol. The maximum absolute atomic E-state index is 12.9. The SMILES string of the molecule is CCN1C(=O)[C@@H](CNc2cccc(C(=O)NCCCN3CCCC3)c2)S/C1=C(/N)C(=O)NN(C)C. The number of carbonyl (C=O) groups excluding carboxylic acids is 3. The highest BCUT2D eigenvalue weighted by molar-refractivity contribution is 8.04. The first-order valence-corrected chi connectivity index (χ1v) is 13.0. The first-order chi connectivity index (χ1) is 16.8.